The van der Waals surface area contributed by atoms with E-state index in [1.54, 1.807) is 0 Å². The second-order valence-electron chi connectivity index (χ2n) is 6.53. The highest BCUT2D eigenvalue weighted by molar-refractivity contribution is 8.03. The maximum absolute atomic E-state index is 12.2. The minimum absolute atomic E-state index is 0.275. The summed E-state index contributed by atoms with van der Waals surface area (Å²) in [6, 6.07) is 17.4. The van der Waals surface area contributed by atoms with Gasteiger partial charge in [-0.1, -0.05) is 36.1 Å². The first kappa shape index (κ1) is 21.4. The van der Waals surface area contributed by atoms with Crippen molar-refractivity contribution in [1.29, 1.82) is 5.26 Å². The number of thiocyanates is 1. The van der Waals surface area contributed by atoms with E-state index in [1.807, 2.05) is 50.2 Å². The summed E-state index contributed by atoms with van der Waals surface area (Å²) in [7, 11) is 0. The van der Waals surface area contributed by atoms with Gasteiger partial charge in [-0.15, -0.1) is 13.2 Å². The van der Waals surface area contributed by atoms with E-state index in [2.05, 4.69) is 22.0 Å². The van der Waals surface area contributed by atoms with Crippen molar-refractivity contribution in [2.45, 2.75) is 25.1 Å². The molecule has 0 fully saturated rings. The molecule has 0 aliphatic carbocycles. The van der Waals surface area contributed by atoms with Crippen molar-refractivity contribution >= 4 is 11.8 Å². The highest BCUT2D eigenvalue weighted by Crippen LogP contribution is 2.28. The lowest BCUT2D eigenvalue weighted by Crippen LogP contribution is -2.16. The second kappa shape index (κ2) is 8.98. The van der Waals surface area contributed by atoms with E-state index >= 15 is 0 Å². The van der Waals surface area contributed by atoms with Crippen LogP contribution in [0, 0.1) is 36.4 Å². The number of ether oxygens (including phenoxy) is 1. The first-order valence-corrected chi connectivity index (χ1v) is 9.72. The van der Waals surface area contributed by atoms with E-state index in [9.17, 15) is 13.2 Å². The molecule has 3 aromatic carbocycles. The van der Waals surface area contributed by atoms with Crippen LogP contribution in [0.1, 0.15) is 22.3 Å². The maximum Gasteiger partial charge on any atom is 0.573 e. The van der Waals surface area contributed by atoms with Crippen molar-refractivity contribution in [3.8, 4) is 34.1 Å². The van der Waals surface area contributed by atoms with Gasteiger partial charge >= 0.3 is 6.36 Å². The van der Waals surface area contributed by atoms with Gasteiger partial charge in [0.15, 0.2) is 0 Å². The van der Waals surface area contributed by atoms with Gasteiger partial charge in [-0.3, -0.25) is 0 Å². The lowest BCUT2D eigenvalue weighted by molar-refractivity contribution is -0.274. The van der Waals surface area contributed by atoms with Gasteiger partial charge < -0.3 is 4.74 Å². The predicted octanol–water partition coefficient (Wildman–Crippen LogP) is 6.84. The fourth-order valence-electron chi connectivity index (χ4n) is 2.86. The van der Waals surface area contributed by atoms with E-state index in [1.165, 1.54) is 24.3 Å². The molecule has 0 N–H and O–H groups in total. The molecule has 3 rings (SSSR count). The van der Waals surface area contributed by atoms with Crippen molar-refractivity contribution in [3.63, 3.8) is 0 Å². The molecular weight excluding hydrogens is 407 g/mol. The Morgan fingerprint density at radius 2 is 1.47 bits per heavy atom. The molecule has 0 aliphatic heterocycles. The van der Waals surface area contributed by atoms with Crippen molar-refractivity contribution in [1.82, 2.24) is 0 Å². The summed E-state index contributed by atoms with van der Waals surface area (Å²) in [5.74, 6) is 5.75. The van der Waals surface area contributed by atoms with Gasteiger partial charge in [0.05, 0.1) is 0 Å². The van der Waals surface area contributed by atoms with Crippen molar-refractivity contribution in [2.24, 2.45) is 0 Å². The topological polar surface area (TPSA) is 33.0 Å². The molecule has 2 nitrogen and oxygen atoms in total. The zero-order chi connectivity index (χ0) is 21.7. The smallest absolute Gasteiger partial charge is 0.406 e. The number of thioether (sulfide) groups is 1. The lowest BCUT2D eigenvalue weighted by atomic mass is 9.99. The van der Waals surface area contributed by atoms with Crippen LogP contribution in [0.3, 0.4) is 0 Å². The summed E-state index contributed by atoms with van der Waals surface area (Å²) in [6.45, 7) is 3.93. The summed E-state index contributed by atoms with van der Waals surface area (Å²) in [6.07, 6.45) is -4.71. The molecule has 0 amide bonds. The maximum atomic E-state index is 12.2. The lowest BCUT2D eigenvalue weighted by Gasteiger charge is -2.08. The summed E-state index contributed by atoms with van der Waals surface area (Å²) in [5, 5.41) is 10.9. The SMILES string of the molecule is Cc1cc(-c2ccc(SC#N)c(C)c2)ccc1C#Cc1ccc(OC(F)(F)F)cc1. The van der Waals surface area contributed by atoms with Crippen LogP contribution in [-0.2, 0) is 0 Å². The summed E-state index contributed by atoms with van der Waals surface area (Å²) >= 11 is 1.14. The Hall–Kier alpha value is -3.35. The third-order valence-electron chi connectivity index (χ3n) is 4.32. The number of halogens is 3. The third kappa shape index (κ3) is 5.59. The van der Waals surface area contributed by atoms with Crippen molar-refractivity contribution in [2.75, 3.05) is 0 Å². The Balaban J connectivity index is 1.79. The first-order chi connectivity index (χ1) is 14.2. The zero-order valence-electron chi connectivity index (χ0n) is 16.2. The number of aryl methyl sites for hydroxylation is 2. The van der Waals surface area contributed by atoms with Gasteiger partial charge in [0.1, 0.15) is 11.2 Å². The molecule has 30 heavy (non-hydrogen) atoms. The van der Waals surface area contributed by atoms with Crippen molar-refractivity contribution < 1.29 is 17.9 Å². The number of alkyl halides is 3. The molecule has 0 atom stereocenters. The average molecular weight is 423 g/mol. The first-order valence-electron chi connectivity index (χ1n) is 8.90. The molecular formula is C24H16F3NOS. The van der Waals surface area contributed by atoms with E-state index in [4.69, 9.17) is 5.26 Å². The van der Waals surface area contributed by atoms with Crippen LogP contribution in [-0.4, -0.2) is 6.36 Å². The largest absolute Gasteiger partial charge is 0.573 e. The van der Waals surface area contributed by atoms with E-state index in [0.717, 1.165) is 44.5 Å². The molecule has 0 unspecified atom stereocenters. The average Bonchev–Trinajstić information content (AvgIpc) is 2.68. The molecule has 0 radical (unpaired) electrons. The second-order valence-corrected chi connectivity index (χ2v) is 7.35. The standard InChI is InChI=1S/C24H16F3NOS/c1-16-13-20(21-9-12-23(30-15-28)17(2)14-21)8-7-19(16)6-3-18-4-10-22(11-5-18)29-24(25,26)27/h4-5,7-14H,1-2H3. The summed E-state index contributed by atoms with van der Waals surface area (Å²) in [4.78, 5) is 0.937. The fourth-order valence-corrected chi connectivity index (χ4v) is 3.31. The molecule has 3 aromatic rings. The Morgan fingerprint density at radius 3 is 2.03 bits per heavy atom. The van der Waals surface area contributed by atoms with E-state index in [-0.39, 0.29) is 5.75 Å². The van der Waals surface area contributed by atoms with Crippen LogP contribution in [0.4, 0.5) is 13.2 Å². The Bertz CT molecular complexity index is 1170. The molecule has 0 aliphatic rings. The molecule has 0 bridgehead atoms. The molecule has 0 saturated carbocycles. The molecule has 6 heteroatoms. The van der Waals surface area contributed by atoms with Crippen LogP contribution in [0.15, 0.2) is 65.6 Å². The van der Waals surface area contributed by atoms with Crippen molar-refractivity contribution in [3.05, 3.63) is 82.9 Å². The van der Waals surface area contributed by atoms with Crippen LogP contribution >= 0.6 is 11.8 Å². The van der Waals surface area contributed by atoms with Crippen LogP contribution in [0.5, 0.6) is 5.75 Å². The number of rotatable bonds is 3. The fraction of sp³-hybridized carbons (Fsp3) is 0.125. The molecule has 0 saturated heterocycles. The highest BCUT2D eigenvalue weighted by Gasteiger charge is 2.30. The molecule has 0 spiro atoms. The summed E-state index contributed by atoms with van der Waals surface area (Å²) < 4.78 is 40.5. The monoisotopic (exact) mass is 423 g/mol. The van der Waals surface area contributed by atoms with Gasteiger partial charge in [-0.2, -0.15) is 5.26 Å². The van der Waals surface area contributed by atoms with E-state index in [0.29, 0.717) is 5.56 Å². The number of benzene rings is 3. The van der Waals surface area contributed by atoms with E-state index < -0.39 is 6.36 Å². The Morgan fingerprint density at radius 1 is 0.833 bits per heavy atom. The molecule has 0 heterocycles. The van der Waals surface area contributed by atoms with Gasteiger partial charge in [-0.05, 0) is 84.3 Å². The van der Waals surface area contributed by atoms with Gasteiger partial charge in [0, 0.05) is 16.0 Å². The highest BCUT2D eigenvalue weighted by atomic mass is 32.2. The van der Waals surface area contributed by atoms with Gasteiger partial charge in [0.25, 0.3) is 0 Å². The zero-order valence-corrected chi connectivity index (χ0v) is 17.0. The normalized spacial score (nSPS) is 10.7. The molecule has 0 aromatic heterocycles. The molecule has 150 valence electrons. The third-order valence-corrected chi connectivity index (χ3v) is 5.09. The van der Waals surface area contributed by atoms with Crippen LogP contribution < -0.4 is 4.74 Å². The number of nitrogens with zero attached hydrogens (tertiary/aromatic N) is 1. The van der Waals surface area contributed by atoms with Gasteiger partial charge in [0.2, 0.25) is 0 Å². The van der Waals surface area contributed by atoms with Gasteiger partial charge in [-0.25, -0.2) is 0 Å². The minimum atomic E-state index is -4.71. The number of hydrogen-bond acceptors (Lipinski definition) is 3. The minimum Gasteiger partial charge on any atom is -0.406 e. The Labute approximate surface area is 177 Å². The number of nitriles is 1. The summed E-state index contributed by atoms with van der Waals surface area (Å²) in [5.41, 5.74) is 5.56. The predicted molar refractivity (Wildman–Crippen MR) is 112 cm³/mol. The van der Waals surface area contributed by atoms with Crippen LogP contribution in [0.25, 0.3) is 11.1 Å². The number of hydrogen-bond donors (Lipinski definition) is 0. The van der Waals surface area contributed by atoms with Crippen LogP contribution in [0.2, 0.25) is 0 Å². The quantitative estimate of drug-likeness (QED) is 0.263. The Kier molecular flexibility index (Phi) is 6.40.